The Morgan fingerprint density at radius 1 is 1.60 bits per heavy atom. The lowest BCUT2D eigenvalue weighted by atomic mass is 10.1. The maximum absolute atomic E-state index is 10.9. The molecule has 1 aromatic rings. The minimum atomic E-state index is -0.407. The molecule has 0 aliphatic carbocycles. The van der Waals surface area contributed by atoms with Crippen LogP contribution in [0.5, 0.6) is 0 Å². The fraction of sp³-hybridized carbons (Fsp3) is 0.231. The number of aryl methyl sites for hydroxylation is 1. The largest absolute Gasteiger partial charge is 0.358 e. The number of thiocarbonyl (C=S) groups is 1. The second-order valence-corrected chi connectivity index (χ2v) is 4.47. The molecule has 2 N–H and O–H groups in total. The predicted octanol–water partition coefficient (Wildman–Crippen LogP) is 2.28. The normalized spacial score (nSPS) is 10.8. The summed E-state index contributed by atoms with van der Waals surface area (Å²) in [5.74, 6) is 0. The SMILES string of the molecule is C=CCNC(=S)NN=C(C)c1ccc(C)c([N+](=O)[O-])c1. The zero-order chi connectivity index (χ0) is 15.1. The Morgan fingerprint density at radius 2 is 2.30 bits per heavy atom. The van der Waals surface area contributed by atoms with Gasteiger partial charge < -0.3 is 5.32 Å². The van der Waals surface area contributed by atoms with Gasteiger partial charge in [-0.1, -0.05) is 18.2 Å². The molecule has 0 saturated heterocycles. The molecule has 0 heterocycles. The van der Waals surface area contributed by atoms with Crippen molar-refractivity contribution in [1.29, 1.82) is 0 Å². The Hall–Kier alpha value is -2.28. The highest BCUT2D eigenvalue weighted by Crippen LogP contribution is 2.19. The van der Waals surface area contributed by atoms with E-state index in [-0.39, 0.29) is 5.69 Å². The first-order valence-electron chi connectivity index (χ1n) is 5.90. The molecule has 0 radical (unpaired) electrons. The van der Waals surface area contributed by atoms with Crippen LogP contribution in [0.25, 0.3) is 0 Å². The molecule has 1 aromatic carbocycles. The maximum atomic E-state index is 10.9. The molecule has 0 aliphatic rings. The van der Waals surface area contributed by atoms with Gasteiger partial charge in [0, 0.05) is 23.7 Å². The summed E-state index contributed by atoms with van der Waals surface area (Å²) in [5, 5.41) is 18.2. The number of hydrogen-bond donors (Lipinski definition) is 2. The average molecular weight is 292 g/mol. The molecular weight excluding hydrogens is 276 g/mol. The number of nitrogens with one attached hydrogen (secondary N) is 2. The number of benzene rings is 1. The number of nitro groups is 1. The Balaban J connectivity index is 2.84. The highest BCUT2D eigenvalue weighted by Gasteiger charge is 2.12. The maximum Gasteiger partial charge on any atom is 0.272 e. The van der Waals surface area contributed by atoms with Crippen LogP contribution in [0.2, 0.25) is 0 Å². The number of nitro benzene ring substituents is 1. The third-order valence-corrected chi connectivity index (χ3v) is 2.79. The van der Waals surface area contributed by atoms with Crippen LogP contribution in [-0.2, 0) is 0 Å². The first kappa shape index (κ1) is 15.8. The predicted molar refractivity (Wildman–Crippen MR) is 84.0 cm³/mol. The highest BCUT2D eigenvalue weighted by molar-refractivity contribution is 7.80. The van der Waals surface area contributed by atoms with Gasteiger partial charge in [0.15, 0.2) is 5.11 Å². The van der Waals surface area contributed by atoms with Crippen molar-refractivity contribution in [3.8, 4) is 0 Å². The zero-order valence-electron chi connectivity index (χ0n) is 11.3. The van der Waals surface area contributed by atoms with Gasteiger partial charge in [0.1, 0.15) is 0 Å². The van der Waals surface area contributed by atoms with Crippen molar-refractivity contribution in [2.24, 2.45) is 5.10 Å². The number of nitrogens with zero attached hydrogens (tertiary/aromatic N) is 2. The van der Waals surface area contributed by atoms with Crippen molar-refractivity contribution < 1.29 is 4.92 Å². The van der Waals surface area contributed by atoms with Crippen molar-refractivity contribution in [1.82, 2.24) is 10.7 Å². The van der Waals surface area contributed by atoms with Crippen LogP contribution in [0.3, 0.4) is 0 Å². The van der Waals surface area contributed by atoms with Gasteiger partial charge in [-0.05, 0) is 26.1 Å². The van der Waals surface area contributed by atoms with Gasteiger partial charge in [-0.15, -0.1) is 6.58 Å². The topological polar surface area (TPSA) is 79.6 Å². The van der Waals surface area contributed by atoms with Crippen LogP contribution < -0.4 is 10.7 Å². The van der Waals surface area contributed by atoms with Crippen LogP contribution in [0, 0.1) is 17.0 Å². The molecule has 1 rings (SSSR count). The summed E-state index contributed by atoms with van der Waals surface area (Å²) < 4.78 is 0. The molecule has 6 nitrogen and oxygen atoms in total. The molecule has 0 bridgehead atoms. The Morgan fingerprint density at radius 3 is 2.90 bits per heavy atom. The van der Waals surface area contributed by atoms with E-state index in [1.807, 2.05) is 0 Å². The van der Waals surface area contributed by atoms with Crippen molar-refractivity contribution >= 4 is 28.7 Å². The van der Waals surface area contributed by atoms with Crippen LogP contribution in [0.4, 0.5) is 5.69 Å². The zero-order valence-corrected chi connectivity index (χ0v) is 12.2. The fourth-order valence-electron chi connectivity index (χ4n) is 1.43. The fourth-order valence-corrected chi connectivity index (χ4v) is 1.56. The van der Waals surface area contributed by atoms with E-state index in [2.05, 4.69) is 22.4 Å². The van der Waals surface area contributed by atoms with Crippen LogP contribution >= 0.6 is 12.2 Å². The van der Waals surface area contributed by atoms with E-state index < -0.39 is 4.92 Å². The minimum absolute atomic E-state index is 0.0735. The molecule has 0 saturated carbocycles. The third kappa shape index (κ3) is 4.43. The lowest BCUT2D eigenvalue weighted by Crippen LogP contribution is -2.32. The van der Waals surface area contributed by atoms with E-state index >= 15 is 0 Å². The van der Waals surface area contributed by atoms with E-state index in [1.54, 1.807) is 32.1 Å². The van der Waals surface area contributed by atoms with Crippen molar-refractivity contribution in [2.45, 2.75) is 13.8 Å². The number of hydrogen-bond acceptors (Lipinski definition) is 4. The average Bonchev–Trinajstić information content (AvgIpc) is 2.42. The number of rotatable bonds is 5. The monoisotopic (exact) mass is 292 g/mol. The first-order valence-corrected chi connectivity index (χ1v) is 6.31. The highest BCUT2D eigenvalue weighted by atomic mass is 32.1. The van der Waals surface area contributed by atoms with E-state index in [0.29, 0.717) is 28.5 Å². The van der Waals surface area contributed by atoms with E-state index in [4.69, 9.17) is 12.2 Å². The molecule has 0 unspecified atom stereocenters. The summed E-state index contributed by atoms with van der Waals surface area (Å²) in [5.41, 5.74) is 4.63. The van der Waals surface area contributed by atoms with Gasteiger partial charge >= 0.3 is 0 Å². The third-order valence-electron chi connectivity index (χ3n) is 2.56. The standard InChI is InChI=1S/C13H16N4O2S/c1-4-7-14-13(20)16-15-10(3)11-6-5-9(2)12(8-11)17(18)19/h4-6,8H,1,7H2,2-3H3,(H2,14,16,20). The smallest absolute Gasteiger partial charge is 0.272 e. The molecule has 106 valence electrons. The van der Waals surface area contributed by atoms with Crippen LogP contribution in [0.1, 0.15) is 18.1 Å². The first-order chi connectivity index (χ1) is 9.45. The summed E-state index contributed by atoms with van der Waals surface area (Å²) in [6.07, 6.45) is 1.67. The Bertz CT molecular complexity index is 569. The second-order valence-electron chi connectivity index (χ2n) is 4.07. The van der Waals surface area contributed by atoms with Gasteiger partial charge in [-0.3, -0.25) is 15.5 Å². The van der Waals surface area contributed by atoms with Crippen LogP contribution in [-0.4, -0.2) is 22.3 Å². The summed E-state index contributed by atoms with van der Waals surface area (Å²) in [4.78, 5) is 10.5. The van der Waals surface area contributed by atoms with Gasteiger partial charge in [0.25, 0.3) is 5.69 Å². The molecule has 7 heteroatoms. The second kappa shape index (κ2) is 7.34. The molecule has 0 spiro atoms. The lowest BCUT2D eigenvalue weighted by Gasteiger charge is -2.06. The van der Waals surface area contributed by atoms with E-state index in [1.165, 1.54) is 6.07 Å². The van der Waals surface area contributed by atoms with Crippen molar-refractivity contribution in [3.05, 3.63) is 52.1 Å². The molecule has 0 atom stereocenters. The summed E-state index contributed by atoms with van der Waals surface area (Å²) in [7, 11) is 0. The summed E-state index contributed by atoms with van der Waals surface area (Å²) >= 11 is 4.99. The number of hydrazone groups is 1. The van der Waals surface area contributed by atoms with Gasteiger partial charge in [-0.25, -0.2) is 0 Å². The van der Waals surface area contributed by atoms with Crippen molar-refractivity contribution in [3.63, 3.8) is 0 Å². The summed E-state index contributed by atoms with van der Waals surface area (Å²) in [6.45, 7) is 7.54. The van der Waals surface area contributed by atoms with E-state index in [0.717, 1.165) is 0 Å². The Labute approximate surface area is 122 Å². The molecule has 0 aliphatic heterocycles. The molecular formula is C13H16N4O2S. The van der Waals surface area contributed by atoms with Gasteiger partial charge in [0.2, 0.25) is 0 Å². The summed E-state index contributed by atoms with van der Waals surface area (Å²) in [6, 6.07) is 4.97. The minimum Gasteiger partial charge on any atom is -0.358 e. The van der Waals surface area contributed by atoms with Gasteiger partial charge in [0.05, 0.1) is 10.6 Å². The van der Waals surface area contributed by atoms with Crippen molar-refractivity contribution in [2.75, 3.05) is 6.54 Å². The van der Waals surface area contributed by atoms with E-state index in [9.17, 15) is 10.1 Å². The lowest BCUT2D eigenvalue weighted by molar-refractivity contribution is -0.385. The quantitative estimate of drug-likeness (QED) is 0.286. The van der Waals surface area contributed by atoms with Crippen LogP contribution in [0.15, 0.2) is 36.0 Å². The molecule has 0 amide bonds. The molecule has 0 aromatic heterocycles. The Kier molecular flexibility index (Phi) is 5.79. The van der Waals surface area contributed by atoms with Gasteiger partial charge in [-0.2, -0.15) is 5.10 Å². The molecule has 20 heavy (non-hydrogen) atoms. The molecule has 0 fully saturated rings.